The van der Waals surface area contributed by atoms with Crippen LogP contribution >= 0.6 is 0 Å². The summed E-state index contributed by atoms with van der Waals surface area (Å²) in [6.07, 6.45) is 0. The van der Waals surface area contributed by atoms with Gasteiger partial charge in [0.2, 0.25) is 0 Å². The zero-order valence-corrected chi connectivity index (χ0v) is 12.5. The number of ketones is 1. The van der Waals surface area contributed by atoms with Crippen molar-refractivity contribution < 1.29 is 9.90 Å². The van der Waals surface area contributed by atoms with Crippen LogP contribution in [0, 0.1) is 5.41 Å². The maximum atomic E-state index is 12.3. The van der Waals surface area contributed by atoms with E-state index in [0.717, 1.165) is 16.5 Å². The van der Waals surface area contributed by atoms with E-state index in [2.05, 4.69) is 6.07 Å². The van der Waals surface area contributed by atoms with Crippen molar-refractivity contribution in [3.05, 3.63) is 42.0 Å². The van der Waals surface area contributed by atoms with Crippen LogP contribution in [-0.2, 0) is 0 Å². The molecule has 0 amide bonds. The smallest absolute Gasteiger partial charge is 0.170 e. The summed E-state index contributed by atoms with van der Waals surface area (Å²) in [6.45, 7) is 3.37. The second-order valence-electron chi connectivity index (χ2n) is 6.01. The molecule has 0 saturated carbocycles. The Morgan fingerprint density at radius 2 is 1.70 bits per heavy atom. The van der Waals surface area contributed by atoms with Crippen molar-refractivity contribution in [2.75, 3.05) is 25.6 Å². The van der Waals surface area contributed by atoms with Crippen LogP contribution in [0.3, 0.4) is 0 Å². The molecular formula is C17H21NO2. The Balaban J connectivity index is 2.45. The van der Waals surface area contributed by atoms with E-state index in [4.69, 9.17) is 0 Å². The molecule has 2 aromatic carbocycles. The van der Waals surface area contributed by atoms with E-state index >= 15 is 0 Å². The first-order chi connectivity index (χ1) is 9.35. The zero-order chi connectivity index (χ0) is 14.9. The third kappa shape index (κ3) is 2.68. The number of carbonyl (C=O) groups is 1. The van der Waals surface area contributed by atoms with Gasteiger partial charge in [0.15, 0.2) is 5.78 Å². The quantitative estimate of drug-likeness (QED) is 0.869. The van der Waals surface area contributed by atoms with E-state index in [1.807, 2.05) is 49.3 Å². The third-order valence-corrected chi connectivity index (χ3v) is 3.61. The summed E-state index contributed by atoms with van der Waals surface area (Å²) < 4.78 is 0. The summed E-state index contributed by atoms with van der Waals surface area (Å²) in [7, 11) is 4.01. The predicted octanol–water partition coefficient (Wildman–Crippen LogP) is 3.11. The van der Waals surface area contributed by atoms with Crippen LogP contribution in [-0.4, -0.2) is 31.6 Å². The van der Waals surface area contributed by atoms with Gasteiger partial charge in [-0.25, -0.2) is 0 Å². The Bertz CT molecular complexity index is 644. The topological polar surface area (TPSA) is 40.5 Å². The molecule has 3 nitrogen and oxygen atoms in total. The number of aliphatic hydroxyl groups is 1. The molecule has 2 rings (SSSR count). The SMILES string of the molecule is CN(C)c1ccc2cc(C(=O)C(C)(C)CO)ccc2c1. The lowest BCUT2D eigenvalue weighted by Gasteiger charge is -2.20. The number of rotatable bonds is 4. The molecule has 20 heavy (non-hydrogen) atoms. The van der Waals surface area contributed by atoms with Crippen molar-refractivity contribution in [3.63, 3.8) is 0 Å². The van der Waals surface area contributed by atoms with Gasteiger partial charge in [0.05, 0.1) is 12.0 Å². The van der Waals surface area contributed by atoms with Crippen LogP contribution in [0.15, 0.2) is 36.4 Å². The van der Waals surface area contributed by atoms with Crippen molar-refractivity contribution in [2.45, 2.75) is 13.8 Å². The number of carbonyl (C=O) groups excluding carboxylic acids is 1. The fourth-order valence-corrected chi connectivity index (χ4v) is 2.12. The van der Waals surface area contributed by atoms with Crippen LogP contribution in [0.5, 0.6) is 0 Å². The molecule has 106 valence electrons. The summed E-state index contributed by atoms with van der Waals surface area (Å²) in [6, 6.07) is 11.8. The molecular weight excluding hydrogens is 250 g/mol. The van der Waals surface area contributed by atoms with Gasteiger partial charge in [-0.15, -0.1) is 0 Å². The fraction of sp³-hybridized carbons (Fsp3) is 0.353. The van der Waals surface area contributed by atoms with Crippen LogP contribution < -0.4 is 4.90 Å². The minimum Gasteiger partial charge on any atom is -0.395 e. The van der Waals surface area contributed by atoms with Crippen molar-refractivity contribution in [2.24, 2.45) is 5.41 Å². The van der Waals surface area contributed by atoms with Crippen molar-refractivity contribution in [3.8, 4) is 0 Å². The largest absolute Gasteiger partial charge is 0.395 e. The Morgan fingerprint density at radius 3 is 2.30 bits per heavy atom. The lowest BCUT2D eigenvalue weighted by Crippen LogP contribution is -2.28. The minimum atomic E-state index is -0.739. The van der Waals surface area contributed by atoms with Gasteiger partial charge in [-0.2, -0.15) is 0 Å². The first kappa shape index (κ1) is 14.5. The third-order valence-electron chi connectivity index (χ3n) is 3.61. The molecule has 0 fully saturated rings. The maximum absolute atomic E-state index is 12.3. The molecule has 0 aliphatic carbocycles. The summed E-state index contributed by atoms with van der Waals surface area (Å²) in [4.78, 5) is 14.4. The maximum Gasteiger partial charge on any atom is 0.170 e. The molecule has 2 aromatic rings. The number of nitrogens with zero attached hydrogens (tertiary/aromatic N) is 1. The number of fused-ring (bicyclic) bond motifs is 1. The van der Waals surface area contributed by atoms with Crippen molar-refractivity contribution in [1.82, 2.24) is 0 Å². The average molecular weight is 271 g/mol. The van der Waals surface area contributed by atoms with Gasteiger partial charge in [-0.1, -0.05) is 32.0 Å². The molecule has 0 saturated heterocycles. The average Bonchev–Trinajstić information content (AvgIpc) is 2.45. The molecule has 0 radical (unpaired) electrons. The van der Waals surface area contributed by atoms with Gasteiger partial charge in [-0.05, 0) is 29.0 Å². The monoisotopic (exact) mass is 271 g/mol. The van der Waals surface area contributed by atoms with Gasteiger partial charge in [0, 0.05) is 25.3 Å². The van der Waals surface area contributed by atoms with Crippen LogP contribution in [0.4, 0.5) is 5.69 Å². The van der Waals surface area contributed by atoms with E-state index in [9.17, 15) is 9.90 Å². The summed E-state index contributed by atoms with van der Waals surface area (Å²) in [5, 5.41) is 11.5. The molecule has 0 heterocycles. The van der Waals surface area contributed by atoms with Crippen molar-refractivity contribution >= 4 is 22.2 Å². The first-order valence-electron chi connectivity index (χ1n) is 6.72. The molecule has 0 unspecified atom stereocenters. The van der Waals surface area contributed by atoms with Crippen LogP contribution in [0.25, 0.3) is 10.8 Å². The Labute approximate surface area is 119 Å². The summed E-state index contributed by atoms with van der Waals surface area (Å²) >= 11 is 0. The highest BCUT2D eigenvalue weighted by Crippen LogP contribution is 2.26. The summed E-state index contributed by atoms with van der Waals surface area (Å²) in [5.41, 5.74) is 1.04. The standard InChI is InChI=1S/C17H21NO2/c1-17(2,11-19)16(20)14-6-5-13-10-15(18(3)4)8-7-12(13)9-14/h5-10,19H,11H2,1-4H3. The zero-order valence-electron chi connectivity index (χ0n) is 12.5. The second kappa shape index (κ2) is 5.25. The number of Topliss-reactive ketones (excluding diaryl/α,β-unsaturated/α-hetero) is 1. The first-order valence-corrected chi connectivity index (χ1v) is 6.72. The normalized spacial score (nSPS) is 11.7. The van der Waals surface area contributed by atoms with Gasteiger partial charge < -0.3 is 10.0 Å². The van der Waals surface area contributed by atoms with E-state index < -0.39 is 5.41 Å². The molecule has 0 aliphatic rings. The van der Waals surface area contributed by atoms with Gasteiger partial charge in [0.25, 0.3) is 0 Å². The van der Waals surface area contributed by atoms with E-state index in [1.54, 1.807) is 13.8 Å². The van der Waals surface area contributed by atoms with Crippen LogP contribution in [0.1, 0.15) is 24.2 Å². The van der Waals surface area contributed by atoms with Gasteiger partial charge >= 0.3 is 0 Å². The van der Waals surface area contributed by atoms with E-state index in [1.165, 1.54) is 0 Å². The molecule has 0 spiro atoms. The van der Waals surface area contributed by atoms with E-state index in [0.29, 0.717) is 5.56 Å². The Kier molecular flexibility index (Phi) is 3.82. The molecule has 0 aliphatic heterocycles. The van der Waals surface area contributed by atoms with Gasteiger partial charge in [0.1, 0.15) is 0 Å². The number of hydrogen-bond acceptors (Lipinski definition) is 3. The molecule has 1 N–H and O–H groups in total. The van der Waals surface area contributed by atoms with E-state index in [-0.39, 0.29) is 12.4 Å². The molecule has 3 heteroatoms. The predicted molar refractivity (Wildman–Crippen MR) is 83.5 cm³/mol. The minimum absolute atomic E-state index is 0.0291. The number of anilines is 1. The Hall–Kier alpha value is -1.87. The second-order valence-corrected chi connectivity index (χ2v) is 6.01. The number of aliphatic hydroxyl groups excluding tert-OH is 1. The number of hydrogen-bond donors (Lipinski definition) is 1. The lowest BCUT2D eigenvalue weighted by molar-refractivity contribution is 0.0726. The van der Waals surface area contributed by atoms with Crippen LogP contribution in [0.2, 0.25) is 0 Å². The molecule has 0 bridgehead atoms. The highest BCUT2D eigenvalue weighted by Gasteiger charge is 2.27. The fourth-order valence-electron chi connectivity index (χ4n) is 2.12. The highest BCUT2D eigenvalue weighted by molar-refractivity contribution is 6.03. The van der Waals surface area contributed by atoms with Crippen molar-refractivity contribution in [1.29, 1.82) is 0 Å². The lowest BCUT2D eigenvalue weighted by atomic mass is 9.84. The molecule has 0 aromatic heterocycles. The Morgan fingerprint density at radius 1 is 1.10 bits per heavy atom. The van der Waals surface area contributed by atoms with Gasteiger partial charge in [-0.3, -0.25) is 4.79 Å². The molecule has 0 atom stereocenters. The summed E-state index contributed by atoms with van der Waals surface area (Å²) in [5.74, 6) is -0.0291. The number of benzene rings is 2. The highest BCUT2D eigenvalue weighted by atomic mass is 16.3.